The Kier molecular flexibility index (Phi) is 9.80. The van der Waals surface area contributed by atoms with E-state index in [0.29, 0.717) is 11.3 Å². The van der Waals surface area contributed by atoms with Crippen molar-refractivity contribution in [1.82, 2.24) is 10.2 Å². The molecule has 7 nitrogen and oxygen atoms in total. The summed E-state index contributed by atoms with van der Waals surface area (Å²) >= 11 is 0. The first-order valence-electron chi connectivity index (χ1n) is 13.9. The molecule has 0 bridgehead atoms. The van der Waals surface area contributed by atoms with Gasteiger partial charge in [-0.2, -0.15) is 0 Å². The largest absolute Gasteiger partial charge is 0.357 e. The van der Waals surface area contributed by atoms with Crippen LogP contribution >= 0.6 is 0 Å². The predicted octanol–water partition coefficient (Wildman–Crippen LogP) is 5.19. The number of likely N-dealkylation sites (N-methyl/N-ethyl adjacent to an activating group) is 1. The molecule has 4 aromatic carbocycles. The molecule has 4 aromatic rings. The average molecular weight is 584 g/mol. The minimum atomic E-state index is -4.14. The summed E-state index contributed by atoms with van der Waals surface area (Å²) in [5.74, 6) is -0.817. The summed E-state index contributed by atoms with van der Waals surface area (Å²) in [5.41, 5.74) is 4.63. The Morgan fingerprint density at radius 2 is 1.33 bits per heavy atom. The predicted molar refractivity (Wildman–Crippen MR) is 167 cm³/mol. The molecule has 4 rings (SSSR count). The highest BCUT2D eigenvalue weighted by Gasteiger charge is 2.34. The molecular weight excluding hydrogens is 546 g/mol. The molecule has 0 unspecified atom stereocenters. The number of carbonyl (C=O) groups is 2. The van der Waals surface area contributed by atoms with E-state index in [-0.39, 0.29) is 23.8 Å². The standard InChI is InChI=1S/C34H37N3O4S/c1-25-16-19-30(20-17-25)42(40,41)37(31-21-26(2)15-18-27(31)3)24-33(38)36(23-29-13-9-6-10-14-29)32(34(39)35-4)22-28-11-7-5-8-12-28/h5-21,32H,22-24H2,1-4H3,(H,35,39)/t32-/m1/s1. The number of nitrogens with one attached hydrogen (secondary N) is 1. The quantitative estimate of drug-likeness (QED) is 0.263. The zero-order chi connectivity index (χ0) is 30.3. The van der Waals surface area contributed by atoms with Gasteiger partial charge in [-0.25, -0.2) is 8.42 Å². The number of sulfonamides is 1. The molecule has 218 valence electrons. The van der Waals surface area contributed by atoms with Crippen molar-refractivity contribution in [1.29, 1.82) is 0 Å². The van der Waals surface area contributed by atoms with Gasteiger partial charge in [-0.05, 0) is 61.2 Å². The third-order valence-electron chi connectivity index (χ3n) is 7.23. The van der Waals surface area contributed by atoms with Gasteiger partial charge in [0.15, 0.2) is 0 Å². The van der Waals surface area contributed by atoms with Crippen molar-refractivity contribution in [3.8, 4) is 0 Å². The van der Waals surface area contributed by atoms with Gasteiger partial charge >= 0.3 is 0 Å². The number of hydrogen-bond acceptors (Lipinski definition) is 4. The van der Waals surface area contributed by atoms with Crippen LogP contribution in [-0.2, 0) is 32.6 Å². The third-order valence-corrected chi connectivity index (χ3v) is 9.01. The summed E-state index contributed by atoms with van der Waals surface area (Å²) in [6.45, 7) is 5.24. The van der Waals surface area contributed by atoms with Crippen LogP contribution in [0.2, 0.25) is 0 Å². The molecule has 0 heterocycles. The highest BCUT2D eigenvalue weighted by Crippen LogP contribution is 2.29. The van der Waals surface area contributed by atoms with E-state index in [1.165, 1.54) is 16.3 Å². The van der Waals surface area contributed by atoms with Gasteiger partial charge in [0.05, 0.1) is 10.6 Å². The Hall–Kier alpha value is -4.43. The van der Waals surface area contributed by atoms with Crippen molar-refractivity contribution in [2.45, 2.75) is 44.7 Å². The number of aryl methyl sites for hydroxylation is 3. The first-order chi connectivity index (χ1) is 20.1. The molecule has 0 radical (unpaired) electrons. The molecular formula is C34H37N3O4S. The van der Waals surface area contributed by atoms with E-state index in [1.54, 1.807) is 30.3 Å². The highest BCUT2D eigenvalue weighted by atomic mass is 32.2. The zero-order valence-corrected chi connectivity index (χ0v) is 25.3. The molecule has 0 saturated heterocycles. The number of rotatable bonds is 11. The lowest BCUT2D eigenvalue weighted by molar-refractivity contribution is -0.139. The fourth-order valence-electron chi connectivity index (χ4n) is 4.84. The fraction of sp³-hybridized carbons (Fsp3) is 0.235. The molecule has 8 heteroatoms. The number of benzene rings is 4. The molecule has 0 aliphatic heterocycles. The maximum atomic E-state index is 14.4. The van der Waals surface area contributed by atoms with E-state index in [2.05, 4.69) is 5.32 Å². The molecule has 2 amide bonds. The van der Waals surface area contributed by atoms with Crippen LogP contribution < -0.4 is 9.62 Å². The van der Waals surface area contributed by atoms with Gasteiger partial charge in [-0.15, -0.1) is 0 Å². The Morgan fingerprint density at radius 3 is 1.93 bits per heavy atom. The molecule has 0 spiro atoms. The summed E-state index contributed by atoms with van der Waals surface area (Å²) in [4.78, 5) is 29.2. The van der Waals surface area contributed by atoms with E-state index in [1.807, 2.05) is 93.6 Å². The minimum absolute atomic E-state index is 0.0866. The van der Waals surface area contributed by atoms with E-state index in [0.717, 1.165) is 22.3 Å². The summed E-state index contributed by atoms with van der Waals surface area (Å²) in [7, 11) is -2.60. The van der Waals surface area contributed by atoms with Gasteiger partial charge in [0.25, 0.3) is 10.0 Å². The topological polar surface area (TPSA) is 86.8 Å². The number of hydrogen-bond donors (Lipinski definition) is 1. The summed E-state index contributed by atoms with van der Waals surface area (Å²) in [5, 5.41) is 2.70. The fourth-order valence-corrected chi connectivity index (χ4v) is 6.31. The van der Waals surface area contributed by atoms with Crippen LogP contribution in [0.1, 0.15) is 27.8 Å². The van der Waals surface area contributed by atoms with Crippen molar-refractivity contribution in [3.05, 3.63) is 131 Å². The summed E-state index contributed by atoms with van der Waals surface area (Å²) < 4.78 is 29.5. The smallest absolute Gasteiger partial charge is 0.264 e. The first-order valence-corrected chi connectivity index (χ1v) is 15.3. The highest BCUT2D eigenvalue weighted by molar-refractivity contribution is 7.92. The van der Waals surface area contributed by atoms with Crippen LogP contribution in [0.3, 0.4) is 0 Å². The minimum Gasteiger partial charge on any atom is -0.357 e. The Bertz CT molecular complexity index is 1620. The van der Waals surface area contributed by atoms with Crippen molar-refractivity contribution >= 4 is 27.5 Å². The number of carbonyl (C=O) groups excluding carboxylic acids is 2. The van der Waals surface area contributed by atoms with Crippen LogP contribution in [0.25, 0.3) is 0 Å². The molecule has 42 heavy (non-hydrogen) atoms. The van der Waals surface area contributed by atoms with Crippen LogP contribution in [-0.4, -0.2) is 44.8 Å². The van der Waals surface area contributed by atoms with Gasteiger partial charge in [-0.3, -0.25) is 13.9 Å². The second kappa shape index (κ2) is 13.5. The zero-order valence-electron chi connectivity index (χ0n) is 24.4. The average Bonchev–Trinajstić information content (AvgIpc) is 2.99. The maximum absolute atomic E-state index is 14.4. The Balaban J connectivity index is 1.81. The van der Waals surface area contributed by atoms with Crippen molar-refractivity contribution < 1.29 is 18.0 Å². The van der Waals surface area contributed by atoms with Crippen LogP contribution in [0.4, 0.5) is 5.69 Å². The lowest BCUT2D eigenvalue weighted by atomic mass is 10.0. The molecule has 0 fully saturated rings. The summed E-state index contributed by atoms with van der Waals surface area (Å²) in [6.07, 6.45) is 0.271. The van der Waals surface area contributed by atoms with E-state index in [9.17, 15) is 18.0 Å². The SMILES string of the molecule is CNC(=O)[C@@H](Cc1ccccc1)N(Cc1ccccc1)C(=O)CN(c1cc(C)ccc1C)S(=O)(=O)c1ccc(C)cc1. The van der Waals surface area contributed by atoms with Crippen molar-refractivity contribution in [2.75, 3.05) is 17.9 Å². The van der Waals surface area contributed by atoms with Gasteiger partial charge in [0, 0.05) is 20.0 Å². The number of nitrogens with zero attached hydrogens (tertiary/aromatic N) is 2. The van der Waals surface area contributed by atoms with Gasteiger partial charge in [0.1, 0.15) is 12.6 Å². The number of amides is 2. The number of anilines is 1. The molecule has 0 saturated carbocycles. The second-order valence-electron chi connectivity index (χ2n) is 10.4. The van der Waals surface area contributed by atoms with Crippen LogP contribution in [0.15, 0.2) is 108 Å². The second-order valence-corrected chi connectivity index (χ2v) is 12.3. The van der Waals surface area contributed by atoms with Gasteiger partial charge in [0.2, 0.25) is 11.8 Å². The molecule has 0 aliphatic carbocycles. The Morgan fingerprint density at radius 1 is 0.762 bits per heavy atom. The normalized spacial score (nSPS) is 11.9. The Labute approximate surface area is 248 Å². The van der Waals surface area contributed by atoms with Crippen LogP contribution in [0.5, 0.6) is 0 Å². The molecule has 0 aromatic heterocycles. The van der Waals surface area contributed by atoms with Gasteiger partial charge in [-0.1, -0.05) is 90.5 Å². The van der Waals surface area contributed by atoms with Crippen LogP contribution in [0, 0.1) is 20.8 Å². The lowest BCUT2D eigenvalue weighted by Crippen LogP contribution is -2.53. The summed E-state index contributed by atoms with van der Waals surface area (Å²) in [6, 6.07) is 30.1. The van der Waals surface area contributed by atoms with Crippen molar-refractivity contribution in [3.63, 3.8) is 0 Å². The maximum Gasteiger partial charge on any atom is 0.264 e. The van der Waals surface area contributed by atoms with Gasteiger partial charge < -0.3 is 10.2 Å². The van der Waals surface area contributed by atoms with E-state index >= 15 is 0 Å². The molecule has 1 atom stereocenters. The molecule has 0 aliphatic rings. The first kappa shape index (κ1) is 30.5. The van der Waals surface area contributed by atoms with Crippen molar-refractivity contribution in [2.24, 2.45) is 0 Å². The van der Waals surface area contributed by atoms with E-state index in [4.69, 9.17) is 0 Å². The molecule has 1 N–H and O–H groups in total. The van der Waals surface area contributed by atoms with E-state index < -0.39 is 28.5 Å². The third kappa shape index (κ3) is 7.25. The lowest BCUT2D eigenvalue weighted by Gasteiger charge is -2.34. The monoisotopic (exact) mass is 583 g/mol.